The topological polar surface area (TPSA) is 64.0 Å². The summed E-state index contributed by atoms with van der Waals surface area (Å²) in [4.78, 5) is 28.3. The van der Waals surface area contributed by atoms with Gasteiger partial charge in [-0.2, -0.15) is 0 Å². The predicted molar refractivity (Wildman–Crippen MR) is 88.4 cm³/mol. The van der Waals surface area contributed by atoms with Crippen molar-refractivity contribution in [2.24, 2.45) is 0 Å². The lowest BCUT2D eigenvalue weighted by Gasteiger charge is -2.09. The summed E-state index contributed by atoms with van der Waals surface area (Å²) in [6.07, 6.45) is 4.21. The standard InChI is InChI=1S/C18H21N3O2/c1-13-4-2-3-5-15(13)10-17(22)19-8-9-21-12-20-16(11-18(21)23)14-6-7-14/h2-5,11-12,14H,6-10H2,1H3,(H,19,22). The van der Waals surface area contributed by atoms with Crippen molar-refractivity contribution in [3.05, 3.63) is 63.8 Å². The maximum absolute atomic E-state index is 12.0. The molecular formula is C18H21N3O2. The largest absolute Gasteiger partial charge is 0.354 e. The Morgan fingerprint density at radius 2 is 2.13 bits per heavy atom. The Morgan fingerprint density at radius 3 is 2.83 bits per heavy atom. The SMILES string of the molecule is Cc1ccccc1CC(=O)NCCn1cnc(C2CC2)cc1=O. The van der Waals surface area contributed by atoms with Crippen LogP contribution in [0.5, 0.6) is 0 Å². The number of nitrogens with zero attached hydrogens (tertiary/aromatic N) is 2. The van der Waals surface area contributed by atoms with Gasteiger partial charge in [-0.25, -0.2) is 4.98 Å². The van der Waals surface area contributed by atoms with Crippen molar-refractivity contribution in [1.82, 2.24) is 14.9 Å². The average Bonchev–Trinajstić information content (AvgIpc) is 3.36. The Morgan fingerprint density at radius 1 is 1.35 bits per heavy atom. The second-order valence-electron chi connectivity index (χ2n) is 6.07. The third-order valence-electron chi connectivity index (χ3n) is 4.18. The minimum Gasteiger partial charge on any atom is -0.354 e. The van der Waals surface area contributed by atoms with Crippen LogP contribution in [-0.2, 0) is 17.8 Å². The molecule has 0 aliphatic heterocycles. The summed E-state index contributed by atoms with van der Waals surface area (Å²) in [5.74, 6) is 0.445. The van der Waals surface area contributed by atoms with E-state index in [1.165, 1.54) is 0 Å². The Kier molecular flexibility index (Phi) is 4.55. The van der Waals surface area contributed by atoms with Gasteiger partial charge in [-0.05, 0) is 30.9 Å². The molecule has 1 aliphatic carbocycles. The van der Waals surface area contributed by atoms with E-state index in [2.05, 4.69) is 10.3 Å². The van der Waals surface area contributed by atoms with Crippen molar-refractivity contribution < 1.29 is 4.79 Å². The Bertz CT molecular complexity index is 763. The number of amides is 1. The minimum atomic E-state index is -0.0462. The fourth-order valence-electron chi connectivity index (χ4n) is 2.57. The molecule has 1 N–H and O–H groups in total. The highest BCUT2D eigenvalue weighted by molar-refractivity contribution is 5.78. The summed E-state index contributed by atoms with van der Waals surface area (Å²) in [5.41, 5.74) is 2.99. The van der Waals surface area contributed by atoms with Crippen LogP contribution in [-0.4, -0.2) is 22.0 Å². The Hall–Kier alpha value is -2.43. The molecule has 23 heavy (non-hydrogen) atoms. The van der Waals surface area contributed by atoms with Crippen LogP contribution in [0.4, 0.5) is 0 Å². The lowest BCUT2D eigenvalue weighted by Crippen LogP contribution is -2.32. The van der Waals surface area contributed by atoms with Crippen LogP contribution in [0.1, 0.15) is 35.6 Å². The third kappa shape index (κ3) is 4.06. The molecule has 0 saturated heterocycles. The molecule has 1 aromatic carbocycles. The number of hydrogen-bond acceptors (Lipinski definition) is 3. The average molecular weight is 311 g/mol. The summed E-state index contributed by atoms with van der Waals surface area (Å²) >= 11 is 0. The molecule has 120 valence electrons. The molecule has 3 rings (SSSR count). The summed E-state index contributed by atoms with van der Waals surface area (Å²) in [7, 11) is 0. The highest BCUT2D eigenvalue weighted by Gasteiger charge is 2.25. The summed E-state index contributed by atoms with van der Waals surface area (Å²) in [5, 5.41) is 2.86. The number of aryl methyl sites for hydroxylation is 1. The second-order valence-corrected chi connectivity index (χ2v) is 6.07. The van der Waals surface area contributed by atoms with Gasteiger partial charge in [0.25, 0.3) is 5.56 Å². The van der Waals surface area contributed by atoms with E-state index in [0.717, 1.165) is 29.7 Å². The van der Waals surface area contributed by atoms with Gasteiger partial charge in [-0.1, -0.05) is 24.3 Å². The normalized spacial score (nSPS) is 13.8. The summed E-state index contributed by atoms with van der Waals surface area (Å²) in [6.45, 7) is 2.86. The summed E-state index contributed by atoms with van der Waals surface area (Å²) in [6, 6.07) is 9.46. The molecular weight excluding hydrogens is 290 g/mol. The fraction of sp³-hybridized carbons (Fsp3) is 0.389. The van der Waals surface area contributed by atoms with Gasteiger partial charge in [0.1, 0.15) is 0 Å². The minimum absolute atomic E-state index is 0.0325. The number of carbonyl (C=O) groups is 1. The first-order chi connectivity index (χ1) is 11.1. The lowest BCUT2D eigenvalue weighted by molar-refractivity contribution is -0.120. The van der Waals surface area contributed by atoms with E-state index in [1.54, 1.807) is 17.0 Å². The highest BCUT2D eigenvalue weighted by Crippen LogP contribution is 2.38. The van der Waals surface area contributed by atoms with Crippen molar-refractivity contribution in [2.75, 3.05) is 6.54 Å². The monoisotopic (exact) mass is 311 g/mol. The van der Waals surface area contributed by atoms with E-state index in [4.69, 9.17) is 0 Å². The maximum Gasteiger partial charge on any atom is 0.253 e. The van der Waals surface area contributed by atoms with E-state index in [-0.39, 0.29) is 11.5 Å². The van der Waals surface area contributed by atoms with Gasteiger partial charge in [0.2, 0.25) is 5.91 Å². The lowest BCUT2D eigenvalue weighted by atomic mass is 10.1. The number of hydrogen-bond donors (Lipinski definition) is 1. The molecule has 5 nitrogen and oxygen atoms in total. The second kappa shape index (κ2) is 6.77. The van der Waals surface area contributed by atoms with E-state index < -0.39 is 0 Å². The number of benzene rings is 1. The molecule has 0 atom stereocenters. The van der Waals surface area contributed by atoms with Crippen LogP contribution < -0.4 is 10.9 Å². The molecule has 1 amide bonds. The molecule has 2 aromatic rings. The van der Waals surface area contributed by atoms with Crippen molar-refractivity contribution in [3.8, 4) is 0 Å². The van der Waals surface area contributed by atoms with Gasteiger partial charge in [0.05, 0.1) is 18.4 Å². The van der Waals surface area contributed by atoms with Crippen molar-refractivity contribution in [3.63, 3.8) is 0 Å². The van der Waals surface area contributed by atoms with Gasteiger partial charge in [-0.15, -0.1) is 0 Å². The van der Waals surface area contributed by atoms with Crippen LogP contribution in [0.2, 0.25) is 0 Å². The molecule has 1 heterocycles. The van der Waals surface area contributed by atoms with E-state index >= 15 is 0 Å². The highest BCUT2D eigenvalue weighted by atomic mass is 16.1. The molecule has 0 bridgehead atoms. The van der Waals surface area contributed by atoms with Crippen molar-refractivity contribution in [1.29, 1.82) is 0 Å². The molecule has 1 fully saturated rings. The van der Waals surface area contributed by atoms with Crippen LogP contribution in [0.25, 0.3) is 0 Å². The van der Waals surface area contributed by atoms with Crippen LogP contribution in [0.15, 0.2) is 41.5 Å². The maximum atomic E-state index is 12.0. The van der Waals surface area contributed by atoms with E-state index in [1.807, 2.05) is 31.2 Å². The van der Waals surface area contributed by atoms with Gasteiger partial charge < -0.3 is 5.32 Å². The van der Waals surface area contributed by atoms with Crippen LogP contribution in [0.3, 0.4) is 0 Å². The molecule has 5 heteroatoms. The molecule has 0 radical (unpaired) electrons. The van der Waals surface area contributed by atoms with Crippen molar-refractivity contribution >= 4 is 5.91 Å². The molecule has 1 saturated carbocycles. The third-order valence-corrected chi connectivity index (χ3v) is 4.18. The Labute approximate surface area is 135 Å². The van der Waals surface area contributed by atoms with Crippen LogP contribution in [0, 0.1) is 6.92 Å². The number of rotatable bonds is 6. The predicted octanol–water partition coefficient (Wildman–Crippen LogP) is 1.79. The first kappa shape index (κ1) is 15.5. The molecule has 0 unspecified atom stereocenters. The first-order valence-corrected chi connectivity index (χ1v) is 8.01. The molecule has 1 aromatic heterocycles. The molecule has 0 spiro atoms. The van der Waals surface area contributed by atoms with Gasteiger partial charge in [-0.3, -0.25) is 14.2 Å². The molecule has 1 aliphatic rings. The number of aromatic nitrogens is 2. The quantitative estimate of drug-likeness (QED) is 0.884. The van der Waals surface area contributed by atoms with Crippen LogP contribution >= 0.6 is 0 Å². The van der Waals surface area contributed by atoms with E-state index in [0.29, 0.717) is 25.4 Å². The van der Waals surface area contributed by atoms with Gasteiger partial charge in [0, 0.05) is 25.1 Å². The van der Waals surface area contributed by atoms with Crippen molar-refractivity contribution in [2.45, 2.75) is 38.6 Å². The first-order valence-electron chi connectivity index (χ1n) is 8.01. The zero-order valence-electron chi connectivity index (χ0n) is 13.3. The summed E-state index contributed by atoms with van der Waals surface area (Å²) < 4.78 is 1.54. The van der Waals surface area contributed by atoms with Gasteiger partial charge >= 0.3 is 0 Å². The number of nitrogens with one attached hydrogen (secondary N) is 1. The zero-order chi connectivity index (χ0) is 16.2. The Balaban J connectivity index is 1.50. The van der Waals surface area contributed by atoms with E-state index in [9.17, 15) is 9.59 Å². The zero-order valence-corrected chi connectivity index (χ0v) is 13.3. The number of carbonyl (C=O) groups excluding carboxylic acids is 1. The smallest absolute Gasteiger partial charge is 0.253 e. The van der Waals surface area contributed by atoms with Gasteiger partial charge in [0.15, 0.2) is 0 Å². The fourth-order valence-corrected chi connectivity index (χ4v) is 2.57.